The van der Waals surface area contributed by atoms with Gasteiger partial charge in [-0.05, 0) is 24.3 Å². The fraction of sp³-hybridized carbons (Fsp3) is 0.0625. The zero-order chi connectivity index (χ0) is 15.9. The molecule has 2 aromatic rings. The van der Waals surface area contributed by atoms with Crippen LogP contribution < -0.4 is 9.64 Å². The topological polar surface area (TPSA) is 83.9 Å². The lowest BCUT2D eigenvalue weighted by atomic mass is 10.1. The Bertz CT molecular complexity index is 777. The third-order valence-corrected chi connectivity index (χ3v) is 3.47. The summed E-state index contributed by atoms with van der Waals surface area (Å²) in [6.45, 7) is 0. The summed E-state index contributed by atoms with van der Waals surface area (Å²) >= 11 is 0. The highest BCUT2D eigenvalue weighted by atomic mass is 16.5. The molecular formula is C16H11NO5. The summed E-state index contributed by atoms with van der Waals surface area (Å²) in [7, 11) is 1.42. The van der Waals surface area contributed by atoms with E-state index in [9.17, 15) is 19.5 Å². The van der Waals surface area contributed by atoms with Crippen molar-refractivity contribution in [2.45, 2.75) is 0 Å². The second kappa shape index (κ2) is 5.00. The van der Waals surface area contributed by atoms with E-state index in [0.29, 0.717) is 5.75 Å². The van der Waals surface area contributed by atoms with E-state index in [4.69, 9.17) is 4.74 Å². The Morgan fingerprint density at radius 2 is 1.64 bits per heavy atom. The fourth-order valence-corrected chi connectivity index (χ4v) is 2.41. The van der Waals surface area contributed by atoms with Crippen LogP contribution >= 0.6 is 0 Å². The zero-order valence-corrected chi connectivity index (χ0v) is 11.6. The van der Waals surface area contributed by atoms with Gasteiger partial charge in [0.1, 0.15) is 5.75 Å². The number of imide groups is 1. The number of aromatic carboxylic acids is 1. The number of benzene rings is 2. The van der Waals surface area contributed by atoms with Gasteiger partial charge in [-0.3, -0.25) is 9.59 Å². The van der Waals surface area contributed by atoms with Gasteiger partial charge >= 0.3 is 5.97 Å². The van der Waals surface area contributed by atoms with Crippen molar-refractivity contribution in [1.82, 2.24) is 0 Å². The molecular weight excluding hydrogens is 286 g/mol. The molecule has 3 rings (SSSR count). The van der Waals surface area contributed by atoms with E-state index in [1.807, 2.05) is 0 Å². The molecule has 1 aliphatic rings. The maximum atomic E-state index is 12.5. The van der Waals surface area contributed by atoms with Gasteiger partial charge in [-0.1, -0.05) is 12.1 Å². The van der Waals surface area contributed by atoms with Gasteiger partial charge in [-0.2, -0.15) is 0 Å². The Balaban J connectivity index is 2.19. The predicted molar refractivity (Wildman–Crippen MR) is 77.5 cm³/mol. The van der Waals surface area contributed by atoms with Gasteiger partial charge < -0.3 is 9.84 Å². The van der Waals surface area contributed by atoms with E-state index in [1.54, 1.807) is 12.1 Å². The summed E-state index contributed by atoms with van der Waals surface area (Å²) in [5, 5.41) is 9.29. The number of rotatable bonds is 3. The van der Waals surface area contributed by atoms with Crippen molar-refractivity contribution in [2.75, 3.05) is 12.0 Å². The molecule has 6 heteroatoms. The number of carbonyl (C=O) groups excluding carboxylic acids is 2. The highest BCUT2D eigenvalue weighted by Gasteiger charge is 2.38. The summed E-state index contributed by atoms with van der Waals surface area (Å²) in [4.78, 5) is 37.2. The Morgan fingerprint density at radius 1 is 1.05 bits per heavy atom. The summed E-state index contributed by atoms with van der Waals surface area (Å²) in [5.74, 6) is -1.96. The molecule has 0 aromatic heterocycles. The monoisotopic (exact) mass is 297 g/mol. The first-order valence-electron chi connectivity index (χ1n) is 6.43. The smallest absolute Gasteiger partial charge is 0.337 e. The van der Waals surface area contributed by atoms with Crippen molar-refractivity contribution < 1.29 is 24.2 Å². The minimum absolute atomic E-state index is 0.00181. The van der Waals surface area contributed by atoms with E-state index in [1.165, 1.54) is 37.4 Å². The molecule has 110 valence electrons. The van der Waals surface area contributed by atoms with Crippen LogP contribution in [-0.4, -0.2) is 30.0 Å². The molecule has 0 atom stereocenters. The number of methoxy groups -OCH3 is 1. The van der Waals surface area contributed by atoms with Crippen molar-refractivity contribution in [3.63, 3.8) is 0 Å². The minimum Gasteiger partial charge on any atom is -0.497 e. The van der Waals surface area contributed by atoms with E-state index >= 15 is 0 Å². The highest BCUT2D eigenvalue weighted by molar-refractivity contribution is 6.35. The van der Waals surface area contributed by atoms with E-state index < -0.39 is 17.8 Å². The average molecular weight is 297 g/mol. The number of hydrogen-bond donors (Lipinski definition) is 1. The van der Waals surface area contributed by atoms with Crippen LogP contribution in [0, 0.1) is 0 Å². The van der Waals surface area contributed by atoms with Crippen molar-refractivity contribution >= 4 is 23.5 Å². The van der Waals surface area contributed by atoms with Crippen LogP contribution in [0.1, 0.15) is 31.1 Å². The number of amides is 2. The molecule has 1 aliphatic heterocycles. The number of nitrogens with zero attached hydrogens (tertiary/aromatic N) is 1. The van der Waals surface area contributed by atoms with Gasteiger partial charge in [0.2, 0.25) is 0 Å². The van der Waals surface area contributed by atoms with Crippen LogP contribution in [0.4, 0.5) is 5.69 Å². The molecule has 0 saturated heterocycles. The van der Waals surface area contributed by atoms with Crippen LogP contribution in [-0.2, 0) is 0 Å². The Labute approximate surface area is 125 Å². The maximum absolute atomic E-state index is 12.5. The molecule has 1 N–H and O–H groups in total. The molecule has 0 bridgehead atoms. The van der Waals surface area contributed by atoms with Gasteiger partial charge in [0.05, 0.1) is 29.5 Å². The number of carboxylic acid groups (broad SMARTS) is 1. The largest absolute Gasteiger partial charge is 0.497 e. The molecule has 0 fully saturated rings. The fourth-order valence-electron chi connectivity index (χ4n) is 2.41. The Hall–Kier alpha value is -3.15. The Morgan fingerprint density at radius 3 is 2.14 bits per heavy atom. The second-order valence-electron chi connectivity index (χ2n) is 4.68. The van der Waals surface area contributed by atoms with Crippen molar-refractivity contribution in [2.24, 2.45) is 0 Å². The number of hydrogen-bond acceptors (Lipinski definition) is 4. The molecule has 0 unspecified atom stereocenters. The second-order valence-corrected chi connectivity index (χ2v) is 4.68. The van der Waals surface area contributed by atoms with Crippen LogP contribution in [0.15, 0.2) is 42.5 Å². The molecule has 0 saturated carbocycles. The lowest BCUT2D eigenvalue weighted by molar-refractivity contribution is 0.0698. The molecule has 2 amide bonds. The maximum Gasteiger partial charge on any atom is 0.337 e. The van der Waals surface area contributed by atoms with Gasteiger partial charge in [0, 0.05) is 6.07 Å². The van der Waals surface area contributed by atoms with Crippen LogP contribution in [0.2, 0.25) is 0 Å². The summed E-state index contributed by atoms with van der Waals surface area (Å²) in [6, 6.07) is 10.5. The lowest BCUT2D eigenvalue weighted by Gasteiger charge is -2.17. The number of anilines is 1. The summed E-state index contributed by atoms with van der Waals surface area (Å²) in [5.41, 5.74) is 0.367. The predicted octanol–water partition coefficient (Wildman–Crippen LogP) is 2.19. The minimum atomic E-state index is -1.23. The zero-order valence-electron chi connectivity index (χ0n) is 11.6. The SMILES string of the molecule is COc1ccc(C(=O)O)c(N2C(=O)c3ccccc3C2=O)c1. The van der Waals surface area contributed by atoms with Crippen molar-refractivity contribution in [3.8, 4) is 5.75 Å². The lowest BCUT2D eigenvalue weighted by Crippen LogP contribution is -2.31. The van der Waals surface area contributed by atoms with Crippen LogP contribution in [0.3, 0.4) is 0 Å². The third kappa shape index (κ3) is 1.93. The third-order valence-electron chi connectivity index (χ3n) is 3.47. The van der Waals surface area contributed by atoms with E-state index in [2.05, 4.69) is 0 Å². The molecule has 1 heterocycles. The molecule has 22 heavy (non-hydrogen) atoms. The molecule has 0 radical (unpaired) electrons. The average Bonchev–Trinajstić information content (AvgIpc) is 2.78. The van der Waals surface area contributed by atoms with Crippen LogP contribution in [0.25, 0.3) is 0 Å². The normalized spacial score (nSPS) is 13.2. The Kier molecular flexibility index (Phi) is 3.14. The van der Waals surface area contributed by atoms with Crippen LogP contribution in [0.5, 0.6) is 5.75 Å². The quantitative estimate of drug-likeness (QED) is 0.878. The summed E-state index contributed by atoms with van der Waals surface area (Å²) < 4.78 is 5.05. The van der Waals surface area contributed by atoms with Crippen molar-refractivity contribution in [3.05, 3.63) is 59.2 Å². The molecule has 0 aliphatic carbocycles. The first-order valence-corrected chi connectivity index (χ1v) is 6.43. The van der Waals surface area contributed by atoms with Gasteiger partial charge in [0.25, 0.3) is 11.8 Å². The van der Waals surface area contributed by atoms with Crippen molar-refractivity contribution in [1.29, 1.82) is 0 Å². The number of carbonyl (C=O) groups is 3. The number of ether oxygens (including phenoxy) is 1. The first kappa shape index (κ1) is 13.8. The van der Waals surface area contributed by atoms with Gasteiger partial charge in [-0.15, -0.1) is 0 Å². The van der Waals surface area contributed by atoms with Gasteiger partial charge in [-0.25, -0.2) is 9.69 Å². The number of fused-ring (bicyclic) bond motifs is 1. The summed E-state index contributed by atoms with van der Waals surface area (Å²) in [6.07, 6.45) is 0. The standard InChI is InChI=1S/C16H11NO5/c1-22-9-6-7-12(16(20)21)13(8-9)17-14(18)10-4-2-3-5-11(10)15(17)19/h2-8H,1H3,(H,20,21). The molecule has 6 nitrogen and oxygen atoms in total. The number of carboxylic acids is 1. The first-order chi connectivity index (χ1) is 10.5. The van der Waals surface area contributed by atoms with Gasteiger partial charge in [0.15, 0.2) is 0 Å². The van der Waals surface area contributed by atoms with E-state index in [0.717, 1.165) is 4.90 Å². The molecule has 2 aromatic carbocycles. The van der Waals surface area contributed by atoms with E-state index in [-0.39, 0.29) is 22.4 Å². The molecule has 0 spiro atoms. The highest BCUT2D eigenvalue weighted by Crippen LogP contribution is 2.33.